The van der Waals surface area contributed by atoms with Crippen molar-refractivity contribution in [3.8, 4) is 5.75 Å². The molecule has 0 radical (unpaired) electrons. The zero-order valence-electron chi connectivity index (χ0n) is 13.3. The van der Waals surface area contributed by atoms with Gasteiger partial charge in [0.1, 0.15) is 5.75 Å². The summed E-state index contributed by atoms with van der Waals surface area (Å²) in [7, 11) is 1.63. The largest absolute Gasteiger partial charge is 0.497 e. The van der Waals surface area contributed by atoms with Crippen LogP contribution in [0.4, 0.5) is 0 Å². The average Bonchev–Trinajstić information content (AvgIpc) is 2.93. The van der Waals surface area contributed by atoms with Gasteiger partial charge in [-0.25, -0.2) is 0 Å². The number of carbonyl (C=O) groups excluding carboxylic acids is 1. The minimum Gasteiger partial charge on any atom is -0.497 e. The van der Waals surface area contributed by atoms with Crippen molar-refractivity contribution < 1.29 is 14.6 Å². The van der Waals surface area contributed by atoms with E-state index in [1.165, 1.54) is 0 Å². The Bertz CT molecular complexity index is 504. The number of rotatable bonds is 7. The zero-order valence-corrected chi connectivity index (χ0v) is 13.3. The fourth-order valence-corrected chi connectivity index (χ4v) is 2.96. The molecule has 1 fully saturated rings. The van der Waals surface area contributed by atoms with E-state index < -0.39 is 5.60 Å². The molecule has 0 bridgehead atoms. The Hall–Kier alpha value is -1.81. The Balaban J connectivity index is 2.01. The van der Waals surface area contributed by atoms with Crippen molar-refractivity contribution in [2.45, 2.75) is 44.2 Å². The molecule has 22 heavy (non-hydrogen) atoms. The van der Waals surface area contributed by atoms with Gasteiger partial charge in [0, 0.05) is 13.1 Å². The second kappa shape index (κ2) is 7.45. The molecule has 0 aliphatic heterocycles. The van der Waals surface area contributed by atoms with Crippen molar-refractivity contribution in [2.24, 2.45) is 0 Å². The monoisotopic (exact) mass is 303 g/mol. The normalized spacial score (nSPS) is 16.3. The molecule has 1 aromatic carbocycles. The number of aliphatic hydroxyl groups is 1. The van der Waals surface area contributed by atoms with E-state index in [4.69, 9.17) is 4.74 Å². The van der Waals surface area contributed by atoms with Gasteiger partial charge >= 0.3 is 0 Å². The van der Waals surface area contributed by atoms with Gasteiger partial charge in [-0.05, 0) is 30.5 Å². The SMILES string of the molecule is C=CCN(Cc1ccc(OC)cc1)C(=O)CC1(O)CCCC1. The van der Waals surface area contributed by atoms with Gasteiger partial charge < -0.3 is 14.7 Å². The van der Waals surface area contributed by atoms with E-state index in [2.05, 4.69) is 6.58 Å². The van der Waals surface area contributed by atoms with Crippen LogP contribution in [0.3, 0.4) is 0 Å². The summed E-state index contributed by atoms with van der Waals surface area (Å²) in [5, 5.41) is 10.4. The number of methoxy groups -OCH3 is 1. The van der Waals surface area contributed by atoms with E-state index in [0.29, 0.717) is 13.1 Å². The third-order valence-electron chi connectivity index (χ3n) is 4.25. The first-order valence-electron chi connectivity index (χ1n) is 7.80. The predicted octanol–water partition coefficient (Wildman–Crippen LogP) is 2.91. The van der Waals surface area contributed by atoms with Gasteiger partial charge in [-0.2, -0.15) is 0 Å². The first kappa shape index (κ1) is 16.6. The summed E-state index contributed by atoms with van der Waals surface area (Å²) < 4.78 is 5.14. The number of hydrogen-bond acceptors (Lipinski definition) is 3. The van der Waals surface area contributed by atoms with Crippen LogP contribution in [-0.4, -0.2) is 35.2 Å². The van der Waals surface area contributed by atoms with E-state index in [9.17, 15) is 9.90 Å². The van der Waals surface area contributed by atoms with E-state index >= 15 is 0 Å². The fourth-order valence-electron chi connectivity index (χ4n) is 2.96. The lowest BCUT2D eigenvalue weighted by Crippen LogP contribution is -2.37. The van der Waals surface area contributed by atoms with Crippen molar-refractivity contribution in [1.29, 1.82) is 0 Å². The smallest absolute Gasteiger partial charge is 0.226 e. The molecule has 0 saturated heterocycles. The van der Waals surface area contributed by atoms with E-state index in [1.54, 1.807) is 18.1 Å². The van der Waals surface area contributed by atoms with Crippen molar-refractivity contribution in [3.63, 3.8) is 0 Å². The van der Waals surface area contributed by atoms with Gasteiger partial charge in [0.15, 0.2) is 0 Å². The highest BCUT2D eigenvalue weighted by Gasteiger charge is 2.34. The summed E-state index contributed by atoms with van der Waals surface area (Å²) in [6.07, 6.45) is 5.39. The molecule has 1 aliphatic rings. The maximum Gasteiger partial charge on any atom is 0.226 e. The highest BCUT2D eigenvalue weighted by Crippen LogP contribution is 2.33. The standard InChI is InChI=1S/C18H25NO3/c1-3-12-19(14-15-6-8-16(22-2)9-7-15)17(20)13-18(21)10-4-5-11-18/h3,6-9,21H,1,4-5,10-14H2,2H3. The molecule has 1 aromatic rings. The van der Waals surface area contributed by atoms with Gasteiger partial charge in [0.05, 0.1) is 19.1 Å². The fraction of sp³-hybridized carbons (Fsp3) is 0.500. The Kier molecular flexibility index (Phi) is 5.61. The molecule has 4 heteroatoms. The van der Waals surface area contributed by atoms with Crippen LogP contribution in [0.5, 0.6) is 5.75 Å². The first-order chi connectivity index (χ1) is 10.6. The molecule has 1 saturated carbocycles. The average molecular weight is 303 g/mol. The summed E-state index contributed by atoms with van der Waals surface area (Å²) in [6.45, 7) is 4.73. The minimum absolute atomic E-state index is 0.0138. The maximum absolute atomic E-state index is 12.5. The number of nitrogens with zero attached hydrogens (tertiary/aromatic N) is 1. The third kappa shape index (κ3) is 4.34. The maximum atomic E-state index is 12.5. The van der Waals surface area contributed by atoms with Crippen LogP contribution in [0.1, 0.15) is 37.7 Å². The Morgan fingerprint density at radius 1 is 1.36 bits per heavy atom. The van der Waals surface area contributed by atoms with Crippen LogP contribution in [0.15, 0.2) is 36.9 Å². The molecule has 0 atom stereocenters. The lowest BCUT2D eigenvalue weighted by molar-refractivity contribution is -0.136. The van der Waals surface area contributed by atoms with Crippen LogP contribution >= 0.6 is 0 Å². The Labute approximate surface area is 132 Å². The highest BCUT2D eigenvalue weighted by molar-refractivity contribution is 5.77. The molecule has 4 nitrogen and oxygen atoms in total. The lowest BCUT2D eigenvalue weighted by atomic mass is 9.97. The van der Waals surface area contributed by atoms with E-state index in [-0.39, 0.29) is 12.3 Å². The predicted molar refractivity (Wildman–Crippen MR) is 86.6 cm³/mol. The van der Waals surface area contributed by atoms with Crippen LogP contribution in [0.25, 0.3) is 0 Å². The number of carbonyl (C=O) groups is 1. The molecule has 1 N–H and O–H groups in total. The molecule has 0 spiro atoms. The Morgan fingerprint density at radius 2 is 2.00 bits per heavy atom. The molecule has 0 unspecified atom stereocenters. The molecule has 120 valence electrons. The van der Waals surface area contributed by atoms with Gasteiger partial charge in [0.25, 0.3) is 0 Å². The number of ether oxygens (including phenoxy) is 1. The summed E-state index contributed by atoms with van der Waals surface area (Å²) >= 11 is 0. The third-order valence-corrected chi connectivity index (χ3v) is 4.25. The summed E-state index contributed by atoms with van der Waals surface area (Å²) in [6, 6.07) is 7.67. The molecule has 1 amide bonds. The second-order valence-corrected chi connectivity index (χ2v) is 6.02. The van der Waals surface area contributed by atoms with Crippen LogP contribution < -0.4 is 4.74 Å². The van der Waals surface area contributed by atoms with Gasteiger partial charge in [-0.1, -0.05) is 31.1 Å². The highest BCUT2D eigenvalue weighted by atomic mass is 16.5. The molecular formula is C18H25NO3. The van der Waals surface area contributed by atoms with Gasteiger partial charge in [0.2, 0.25) is 5.91 Å². The topological polar surface area (TPSA) is 49.8 Å². The number of amides is 1. The number of benzene rings is 1. The van der Waals surface area contributed by atoms with Crippen LogP contribution in [-0.2, 0) is 11.3 Å². The van der Waals surface area contributed by atoms with Crippen LogP contribution in [0, 0.1) is 0 Å². The molecule has 0 aromatic heterocycles. The van der Waals surface area contributed by atoms with Crippen LogP contribution in [0.2, 0.25) is 0 Å². The van der Waals surface area contributed by atoms with Crippen molar-refractivity contribution in [2.75, 3.05) is 13.7 Å². The van der Waals surface area contributed by atoms with Crippen molar-refractivity contribution in [1.82, 2.24) is 4.90 Å². The summed E-state index contributed by atoms with van der Waals surface area (Å²) in [5.74, 6) is 0.783. The quantitative estimate of drug-likeness (QED) is 0.788. The zero-order chi connectivity index (χ0) is 16.0. The summed E-state index contributed by atoms with van der Waals surface area (Å²) in [4.78, 5) is 14.3. The van der Waals surface area contributed by atoms with Gasteiger partial charge in [-0.3, -0.25) is 4.79 Å². The molecule has 0 heterocycles. The summed E-state index contributed by atoms with van der Waals surface area (Å²) in [5.41, 5.74) is 0.227. The van der Waals surface area contributed by atoms with Gasteiger partial charge in [-0.15, -0.1) is 6.58 Å². The Morgan fingerprint density at radius 3 is 2.55 bits per heavy atom. The first-order valence-corrected chi connectivity index (χ1v) is 7.80. The van der Waals surface area contributed by atoms with E-state index in [0.717, 1.165) is 37.0 Å². The second-order valence-electron chi connectivity index (χ2n) is 6.02. The van der Waals surface area contributed by atoms with Crippen molar-refractivity contribution >= 4 is 5.91 Å². The van der Waals surface area contributed by atoms with E-state index in [1.807, 2.05) is 24.3 Å². The minimum atomic E-state index is -0.809. The van der Waals surface area contributed by atoms with Crippen molar-refractivity contribution in [3.05, 3.63) is 42.5 Å². The number of hydrogen-bond donors (Lipinski definition) is 1. The lowest BCUT2D eigenvalue weighted by Gasteiger charge is -2.27. The molecular weight excluding hydrogens is 278 g/mol. The molecule has 2 rings (SSSR count). The molecule has 1 aliphatic carbocycles.